The second-order valence-corrected chi connectivity index (χ2v) is 15.5. The van der Waals surface area contributed by atoms with Crippen molar-refractivity contribution in [2.45, 2.75) is 25.7 Å². The third-order valence-electron chi connectivity index (χ3n) is 11.3. The first-order chi connectivity index (χ1) is 31.2. The van der Waals surface area contributed by atoms with Gasteiger partial charge in [-0.15, -0.1) is 0 Å². The molecule has 0 N–H and O–H groups in total. The van der Waals surface area contributed by atoms with Crippen molar-refractivity contribution in [1.29, 1.82) is 0 Å². The summed E-state index contributed by atoms with van der Waals surface area (Å²) < 4.78 is 0. The van der Waals surface area contributed by atoms with E-state index in [0.717, 1.165) is 93.6 Å². The lowest BCUT2D eigenvalue weighted by molar-refractivity contribution is 0.997. The number of aromatic nitrogens is 3. The van der Waals surface area contributed by atoms with E-state index in [4.69, 9.17) is 15.0 Å². The van der Waals surface area contributed by atoms with Gasteiger partial charge in [0.2, 0.25) is 0 Å². The molecule has 6 heteroatoms. The predicted octanol–water partition coefficient (Wildman–Crippen LogP) is 15.1. The molecule has 6 nitrogen and oxygen atoms in total. The Morgan fingerprint density at radius 2 is 0.540 bits per heavy atom. The monoisotopic (exact) mass is 814 g/mol. The fraction of sp³-hybridized carbons (Fsp3) is 0.0702. The van der Waals surface area contributed by atoms with Gasteiger partial charge in [-0.3, -0.25) is 0 Å². The van der Waals surface area contributed by atoms with Gasteiger partial charge in [0.25, 0.3) is 0 Å². The van der Waals surface area contributed by atoms with Crippen LogP contribution in [0.2, 0.25) is 0 Å². The number of hydrogen-bond donors (Lipinski definition) is 0. The van der Waals surface area contributed by atoms with Gasteiger partial charge in [0.05, 0.1) is 0 Å². The molecule has 0 fully saturated rings. The van der Waals surface area contributed by atoms with Crippen molar-refractivity contribution in [2.24, 2.45) is 0 Å². The SMILES string of the molecule is C1=CC(N(c2ccccc2)c2ccc(-c3nc(-c4ccc(N(C5=CCCC=C5)c5ccccc5)cc4)nc(-c4ccc(N(c5ccccc5)c5ccccc5)cc4)n3)cc2)=CCC1. The van der Waals surface area contributed by atoms with Gasteiger partial charge in [-0.2, -0.15) is 0 Å². The summed E-state index contributed by atoms with van der Waals surface area (Å²) in [6.45, 7) is 0. The zero-order valence-electron chi connectivity index (χ0n) is 35.0. The van der Waals surface area contributed by atoms with Crippen LogP contribution in [0.5, 0.6) is 0 Å². The van der Waals surface area contributed by atoms with Gasteiger partial charge in [0.15, 0.2) is 17.5 Å². The van der Waals surface area contributed by atoms with Crippen LogP contribution in [0.4, 0.5) is 39.8 Å². The van der Waals surface area contributed by atoms with Crippen LogP contribution in [0.3, 0.4) is 0 Å². The summed E-state index contributed by atoms with van der Waals surface area (Å²) in [4.78, 5) is 22.4. The first kappa shape index (κ1) is 39.1. The Hall–Kier alpha value is -8.09. The number of benzene rings is 7. The summed E-state index contributed by atoms with van der Waals surface area (Å²) in [6, 6.07) is 67.6. The van der Waals surface area contributed by atoms with Crippen LogP contribution in [-0.4, -0.2) is 15.0 Å². The van der Waals surface area contributed by atoms with E-state index in [1.54, 1.807) is 0 Å². The van der Waals surface area contributed by atoms with Crippen LogP contribution in [-0.2, 0) is 0 Å². The Labute approximate surface area is 369 Å². The molecule has 8 aromatic rings. The highest BCUT2D eigenvalue weighted by atomic mass is 15.2. The summed E-state index contributed by atoms with van der Waals surface area (Å²) >= 11 is 0. The molecule has 0 aliphatic heterocycles. The summed E-state index contributed by atoms with van der Waals surface area (Å²) in [5.74, 6) is 1.82. The predicted molar refractivity (Wildman–Crippen MR) is 261 cm³/mol. The van der Waals surface area contributed by atoms with Crippen LogP contribution in [0, 0.1) is 0 Å². The smallest absolute Gasteiger partial charge is 0.164 e. The van der Waals surface area contributed by atoms with Crippen molar-refractivity contribution in [1.82, 2.24) is 15.0 Å². The third-order valence-corrected chi connectivity index (χ3v) is 11.3. The molecule has 0 unspecified atom stereocenters. The standard InChI is InChI=1S/C57H46N6/c1-7-19-46(20-8-1)61(47-21-9-2-10-22-47)52-37-31-43(32-38-52)55-58-56(44-33-39-53(40-34-44)62(48-23-11-3-12-24-48)49-25-13-4-14-26-49)60-57(59-55)45-35-41-54(42-36-45)63(50-27-15-5-16-28-50)51-29-17-6-18-30-51/h1-3,5,7-13,15-17,19-42H,4,6,14,18H2. The second kappa shape index (κ2) is 18.3. The molecule has 0 saturated carbocycles. The number of rotatable bonds is 12. The highest BCUT2D eigenvalue weighted by molar-refractivity contribution is 5.79. The van der Waals surface area contributed by atoms with Gasteiger partial charge in [0, 0.05) is 67.9 Å². The zero-order chi connectivity index (χ0) is 42.2. The quantitative estimate of drug-likeness (QED) is 0.122. The first-order valence-corrected chi connectivity index (χ1v) is 21.7. The molecule has 1 aromatic heterocycles. The Kier molecular flexibility index (Phi) is 11.3. The molecule has 63 heavy (non-hydrogen) atoms. The van der Waals surface area contributed by atoms with Gasteiger partial charge in [-0.1, -0.05) is 97.1 Å². The van der Waals surface area contributed by atoms with Crippen molar-refractivity contribution in [2.75, 3.05) is 14.7 Å². The van der Waals surface area contributed by atoms with Crippen molar-refractivity contribution < 1.29 is 0 Å². The maximum Gasteiger partial charge on any atom is 0.164 e. The summed E-state index contributed by atoms with van der Waals surface area (Å²) in [5.41, 5.74) is 12.6. The zero-order valence-corrected chi connectivity index (χ0v) is 35.0. The summed E-state index contributed by atoms with van der Waals surface area (Å²) in [6.07, 6.45) is 17.7. The van der Waals surface area contributed by atoms with E-state index in [9.17, 15) is 0 Å². The van der Waals surface area contributed by atoms with Gasteiger partial charge >= 0.3 is 0 Å². The van der Waals surface area contributed by atoms with E-state index in [1.807, 2.05) is 12.1 Å². The molecule has 0 spiro atoms. The van der Waals surface area contributed by atoms with Gasteiger partial charge in [-0.05, 0) is 159 Å². The number of anilines is 7. The molecule has 1 heterocycles. The maximum absolute atomic E-state index is 5.17. The van der Waals surface area contributed by atoms with Crippen LogP contribution < -0.4 is 14.7 Å². The maximum atomic E-state index is 5.17. The average molecular weight is 815 g/mol. The number of para-hydroxylation sites is 4. The second-order valence-electron chi connectivity index (χ2n) is 15.5. The van der Waals surface area contributed by atoms with Gasteiger partial charge in [0.1, 0.15) is 0 Å². The van der Waals surface area contributed by atoms with E-state index < -0.39 is 0 Å². The van der Waals surface area contributed by atoms with Crippen molar-refractivity contribution in [3.8, 4) is 34.2 Å². The van der Waals surface area contributed by atoms with E-state index in [-0.39, 0.29) is 0 Å². The van der Waals surface area contributed by atoms with E-state index in [1.165, 1.54) is 0 Å². The average Bonchev–Trinajstić information content (AvgIpc) is 3.37. The number of hydrogen-bond acceptors (Lipinski definition) is 6. The minimum Gasteiger partial charge on any atom is -0.311 e. The van der Waals surface area contributed by atoms with Crippen LogP contribution in [0.15, 0.2) is 242 Å². The molecule has 0 saturated heterocycles. The minimum absolute atomic E-state index is 0.604. The number of nitrogens with zero attached hydrogens (tertiary/aromatic N) is 6. The summed E-state index contributed by atoms with van der Waals surface area (Å²) in [7, 11) is 0. The van der Waals surface area contributed by atoms with Crippen molar-refractivity contribution in [3.63, 3.8) is 0 Å². The minimum atomic E-state index is 0.604. The molecule has 0 bridgehead atoms. The molecule has 0 amide bonds. The first-order valence-electron chi connectivity index (χ1n) is 21.7. The lowest BCUT2D eigenvalue weighted by Gasteiger charge is -2.27. The summed E-state index contributed by atoms with van der Waals surface area (Å²) in [5, 5.41) is 0. The Morgan fingerprint density at radius 1 is 0.270 bits per heavy atom. The topological polar surface area (TPSA) is 48.4 Å². The lowest BCUT2D eigenvalue weighted by atomic mass is 10.1. The van der Waals surface area contributed by atoms with E-state index >= 15 is 0 Å². The van der Waals surface area contributed by atoms with Crippen LogP contribution in [0.1, 0.15) is 25.7 Å². The molecular formula is C57H46N6. The molecular weight excluding hydrogens is 769 g/mol. The van der Waals surface area contributed by atoms with Crippen molar-refractivity contribution >= 4 is 39.8 Å². The fourth-order valence-electron chi connectivity index (χ4n) is 8.22. The third kappa shape index (κ3) is 8.61. The largest absolute Gasteiger partial charge is 0.311 e. The fourth-order valence-corrected chi connectivity index (χ4v) is 8.22. The van der Waals surface area contributed by atoms with E-state index in [2.05, 4.69) is 233 Å². The Bertz CT molecular complexity index is 2730. The molecule has 0 atom stereocenters. The van der Waals surface area contributed by atoms with Crippen LogP contribution in [0.25, 0.3) is 34.2 Å². The molecule has 2 aliphatic carbocycles. The van der Waals surface area contributed by atoms with Crippen molar-refractivity contribution in [3.05, 3.63) is 242 Å². The van der Waals surface area contributed by atoms with Gasteiger partial charge < -0.3 is 14.7 Å². The Morgan fingerprint density at radius 3 is 0.825 bits per heavy atom. The van der Waals surface area contributed by atoms with Gasteiger partial charge in [-0.25, -0.2) is 15.0 Å². The Balaban J connectivity index is 1.04. The molecule has 0 radical (unpaired) electrons. The van der Waals surface area contributed by atoms with E-state index in [0.29, 0.717) is 17.5 Å². The lowest BCUT2D eigenvalue weighted by Crippen LogP contribution is -2.16. The molecule has 2 aliphatic rings. The molecule has 304 valence electrons. The molecule has 10 rings (SSSR count). The number of allylic oxidation sites excluding steroid dienone is 6. The molecule has 7 aromatic carbocycles. The normalized spacial score (nSPS) is 13.2. The highest BCUT2D eigenvalue weighted by Gasteiger charge is 2.19. The highest BCUT2D eigenvalue weighted by Crippen LogP contribution is 2.38. The van der Waals surface area contributed by atoms with Crippen LogP contribution >= 0.6 is 0 Å².